The fraction of sp³-hybridized carbons (Fsp3) is 0.0909. The minimum absolute atomic E-state index is 0.872. The lowest BCUT2D eigenvalue weighted by Gasteiger charge is -1.98. The average molecular weight is 189 g/mol. The van der Waals surface area contributed by atoms with E-state index >= 15 is 0 Å². The second-order valence-corrected chi connectivity index (χ2v) is 4.05. The summed E-state index contributed by atoms with van der Waals surface area (Å²) < 4.78 is 0. The van der Waals surface area contributed by atoms with E-state index in [1.807, 2.05) is 6.07 Å². The van der Waals surface area contributed by atoms with E-state index in [-0.39, 0.29) is 0 Å². The first-order valence-corrected chi connectivity index (χ1v) is 5.05. The van der Waals surface area contributed by atoms with E-state index in [4.69, 9.17) is 5.73 Å². The molecule has 1 heterocycles. The van der Waals surface area contributed by atoms with Gasteiger partial charge in [0.15, 0.2) is 0 Å². The van der Waals surface area contributed by atoms with Crippen LogP contribution in [0.1, 0.15) is 5.56 Å². The number of anilines is 1. The molecule has 2 aromatic rings. The highest BCUT2D eigenvalue weighted by Gasteiger charge is 1.99. The molecule has 0 aliphatic heterocycles. The standard InChI is InChI=1S/C11H11NS/c1-8-3-2-4-9(5-8)10-6-11(12)13-7-10/h2-7H,12H2,1H3. The molecule has 0 atom stereocenters. The maximum absolute atomic E-state index is 5.67. The summed E-state index contributed by atoms with van der Waals surface area (Å²) in [6, 6.07) is 10.5. The third-order valence-electron chi connectivity index (χ3n) is 1.97. The van der Waals surface area contributed by atoms with Gasteiger partial charge >= 0.3 is 0 Å². The zero-order valence-electron chi connectivity index (χ0n) is 7.45. The predicted molar refractivity (Wildman–Crippen MR) is 58.9 cm³/mol. The molecule has 0 spiro atoms. The molecular weight excluding hydrogens is 178 g/mol. The first-order chi connectivity index (χ1) is 6.25. The maximum Gasteiger partial charge on any atom is 0.0862 e. The zero-order valence-corrected chi connectivity index (χ0v) is 8.27. The highest BCUT2D eigenvalue weighted by Crippen LogP contribution is 2.27. The number of nitrogens with two attached hydrogens (primary N) is 1. The highest BCUT2D eigenvalue weighted by atomic mass is 32.1. The van der Waals surface area contributed by atoms with Gasteiger partial charge in [0, 0.05) is 5.38 Å². The van der Waals surface area contributed by atoms with Gasteiger partial charge in [0.2, 0.25) is 0 Å². The van der Waals surface area contributed by atoms with Crippen molar-refractivity contribution in [3.05, 3.63) is 41.3 Å². The molecule has 0 saturated heterocycles. The van der Waals surface area contributed by atoms with Crippen molar-refractivity contribution >= 4 is 16.3 Å². The summed E-state index contributed by atoms with van der Waals surface area (Å²) in [6.45, 7) is 2.10. The van der Waals surface area contributed by atoms with E-state index < -0.39 is 0 Å². The van der Waals surface area contributed by atoms with Crippen LogP contribution in [0, 0.1) is 6.92 Å². The van der Waals surface area contributed by atoms with Gasteiger partial charge in [-0.2, -0.15) is 0 Å². The first-order valence-electron chi connectivity index (χ1n) is 4.17. The van der Waals surface area contributed by atoms with Crippen molar-refractivity contribution in [1.29, 1.82) is 0 Å². The normalized spacial score (nSPS) is 10.2. The van der Waals surface area contributed by atoms with E-state index in [0.717, 1.165) is 5.00 Å². The Kier molecular flexibility index (Phi) is 2.07. The topological polar surface area (TPSA) is 26.0 Å². The van der Waals surface area contributed by atoms with E-state index in [9.17, 15) is 0 Å². The molecule has 2 rings (SSSR count). The summed E-state index contributed by atoms with van der Waals surface area (Å²) in [4.78, 5) is 0. The Balaban J connectivity index is 2.46. The monoisotopic (exact) mass is 189 g/mol. The fourth-order valence-corrected chi connectivity index (χ4v) is 1.99. The average Bonchev–Trinajstić information content (AvgIpc) is 2.52. The Morgan fingerprint density at radius 1 is 1.15 bits per heavy atom. The van der Waals surface area contributed by atoms with Gasteiger partial charge in [-0.1, -0.05) is 29.8 Å². The van der Waals surface area contributed by atoms with Crippen LogP contribution in [0.15, 0.2) is 35.7 Å². The Morgan fingerprint density at radius 3 is 2.62 bits per heavy atom. The number of nitrogen functional groups attached to an aromatic ring is 1. The third-order valence-corrected chi connectivity index (χ3v) is 2.73. The van der Waals surface area contributed by atoms with Crippen LogP contribution in [-0.2, 0) is 0 Å². The van der Waals surface area contributed by atoms with E-state index in [2.05, 4.69) is 36.6 Å². The lowest BCUT2D eigenvalue weighted by molar-refractivity contribution is 1.47. The van der Waals surface area contributed by atoms with Crippen molar-refractivity contribution in [3.63, 3.8) is 0 Å². The van der Waals surface area contributed by atoms with Crippen LogP contribution in [0.2, 0.25) is 0 Å². The molecule has 1 nitrogen and oxygen atoms in total. The summed E-state index contributed by atoms with van der Waals surface area (Å²) in [5, 5.41) is 2.96. The zero-order chi connectivity index (χ0) is 9.26. The van der Waals surface area contributed by atoms with Gasteiger partial charge < -0.3 is 5.73 Å². The van der Waals surface area contributed by atoms with Crippen molar-refractivity contribution in [2.24, 2.45) is 0 Å². The van der Waals surface area contributed by atoms with Gasteiger partial charge in [-0.3, -0.25) is 0 Å². The van der Waals surface area contributed by atoms with Crippen molar-refractivity contribution in [1.82, 2.24) is 0 Å². The van der Waals surface area contributed by atoms with Gasteiger partial charge in [-0.05, 0) is 24.1 Å². The van der Waals surface area contributed by atoms with Gasteiger partial charge in [0.05, 0.1) is 5.00 Å². The lowest BCUT2D eigenvalue weighted by atomic mass is 10.1. The largest absolute Gasteiger partial charge is 0.391 e. The molecule has 1 aromatic carbocycles. The first kappa shape index (κ1) is 8.32. The van der Waals surface area contributed by atoms with Crippen LogP contribution in [0.4, 0.5) is 5.00 Å². The molecule has 2 N–H and O–H groups in total. The third kappa shape index (κ3) is 1.73. The molecule has 2 heteroatoms. The smallest absolute Gasteiger partial charge is 0.0862 e. The SMILES string of the molecule is Cc1cccc(-c2csc(N)c2)c1. The van der Waals surface area contributed by atoms with E-state index in [1.54, 1.807) is 11.3 Å². The number of hydrogen-bond acceptors (Lipinski definition) is 2. The second-order valence-electron chi connectivity index (χ2n) is 3.11. The van der Waals surface area contributed by atoms with Gasteiger partial charge in [-0.25, -0.2) is 0 Å². The highest BCUT2D eigenvalue weighted by molar-refractivity contribution is 7.14. The number of thiophene rings is 1. The summed E-state index contributed by atoms with van der Waals surface area (Å²) in [7, 11) is 0. The molecule has 0 radical (unpaired) electrons. The molecule has 1 aromatic heterocycles. The number of benzene rings is 1. The van der Waals surface area contributed by atoms with Crippen LogP contribution in [0.3, 0.4) is 0 Å². The molecular formula is C11H11NS. The quantitative estimate of drug-likeness (QED) is 0.731. The molecule has 0 bridgehead atoms. The van der Waals surface area contributed by atoms with Gasteiger partial charge in [0.25, 0.3) is 0 Å². The van der Waals surface area contributed by atoms with Crippen molar-refractivity contribution in [3.8, 4) is 11.1 Å². The van der Waals surface area contributed by atoms with Crippen LogP contribution in [-0.4, -0.2) is 0 Å². The molecule has 0 amide bonds. The van der Waals surface area contributed by atoms with Crippen LogP contribution in [0.25, 0.3) is 11.1 Å². The summed E-state index contributed by atoms with van der Waals surface area (Å²) in [5.41, 5.74) is 9.41. The molecule has 66 valence electrons. The molecule has 13 heavy (non-hydrogen) atoms. The number of rotatable bonds is 1. The second kappa shape index (κ2) is 3.23. The molecule has 0 aliphatic rings. The minimum Gasteiger partial charge on any atom is -0.391 e. The van der Waals surface area contributed by atoms with Crippen LogP contribution in [0.5, 0.6) is 0 Å². The fourth-order valence-electron chi connectivity index (χ4n) is 1.33. The molecule has 0 aliphatic carbocycles. The van der Waals surface area contributed by atoms with Crippen molar-refractivity contribution in [2.45, 2.75) is 6.92 Å². The van der Waals surface area contributed by atoms with Crippen molar-refractivity contribution < 1.29 is 0 Å². The van der Waals surface area contributed by atoms with Crippen LogP contribution >= 0.6 is 11.3 Å². The maximum atomic E-state index is 5.67. The predicted octanol–water partition coefficient (Wildman–Crippen LogP) is 3.31. The Morgan fingerprint density at radius 2 is 2.00 bits per heavy atom. The Hall–Kier alpha value is -1.28. The van der Waals surface area contributed by atoms with Gasteiger partial charge in [0.1, 0.15) is 0 Å². The van der Waals surface area contributed by atoms with Gasteiger partial charge in [-0.15, -0.1) is 11.3 Å². The van der Waals surface area contributed by atoms with E-state index in [1.165, 1.54) is 16.7 Å². The summed E-state index contributed by atoms with van der Waals surface area (Å²) in [6.07, 6.45) is 0. The van der Waals surface area contributed by atoms with Crippen molar-refractivity contribution in [2.75, 3.05) is 5.73 Å². The number of aryl methyl sites for hydroxylation is 1. The molecule has 0 fully saturated rings. The minimum atomic E-state index is 0.872. The Bertz CT molecular complexity index is 418. The number of hydrogen-bond donors (Lipinski definition) is 1. The molecule has 0 unspecified atom stereocenters. The lowest BCUT2D eigenvalue weighted by Crippen LogP contribution is -1.77. The van der Waals surface area contributed by atoms with Crippen LogP contribution < -0.4 is 5.73 Å². The molecule has 0 saturated carbocycles. The summed E-state index contributed by atoms with van der Waals surface area (Å²) >= 11 is 1.58. The van der Waals surface area contributed by atoms with E-state index in [0.29, 0.717) is 0 Å². The summed E-state index contributed by atoms with van der Waals surface area (Å²) in [5.74, 6) is 0. The Labute approximate surface area is 81.8 Å².